The molecule has 0 fully saturated rings. The first-order valence-electron chi connectivity index (χ1n) is 7.07. The van der Waals surface area contributed by atoms with E-state index < -0.39 is 17.9 Å². The van der Waals surface area contributed by atoms with Crippen LogP contribution in [0.4, 0.5) is 5.69 Å². The molecule has 0 unspecified atom stereocenters. The Morgan fingerprint density at radius 2 is 2.05 bits per heavy atom. The van der Waals surface area contributed by atoms with Gasteiger partial charge in [-0.15, -0.1) is 0 Å². The van der Waals surface area contributed by atoms with Crippen LogP contribution < -0.4 is 25.2 Å². The summed E-state index contributed by atoms with van der Waals surface area (Å²) in [5, 5.41) is 15.3. The van der Waals surface area contributed by atoms with Crippen LogP contribution in [0.2, 0.25) is 0 Å². The molecule has 0 bridgehead atoms. The van der Waals surface area contributed by atoms with Gasteiger partial charge in [0.1, 0.15) is 17.5 Å². The van der Waals surface area contributed by atoms with Gasteiger partial charge < -0.3 is 30.0 Å². The Labute approximate surface area is 129 Å². The molecule has 3 N–H and O–H groups in total. The number of carboxylic acids is 1. The predicted octanol–water partition coefficient (Wildman–Crippen LogP) is -0.876. The number of ether oxygens (including phenoxy) is 2. The lowest BCUT2D eigenvalue weighted by atomic mass is 10.2. The number of carbonyl (C=O) groups is 2. The molecule has 0 saturated heterocycles. The highest BCUT2D eigenvalue weighted by Gasteiger charge is 2.19. The number of benzene rings is 1. The number of amides is 1. The summed E-state index contributed by atoms with van der Waals surface area (Å²) in [7, 11) is 3.00. The molecular formula is C15H22N2O5. The van der Waals surface area contributed by atoms with Gasteiger partial charge in [0.25, 0.3) is 0 Å². The van der Waals surface area contributed by atoms with Gasteiger partial charge in [-0.2, -0.15) is 0 Å². The van der Waals surface area contributed by atoms with Crippen LogP contribution in [0.1, 0.15) is 19.8 Å². The second kappa shape index (κ2) is 8.89. The van der Waals surface area contributed by atoms with Crippen molar-refractivity contribution in [3.8, 4) is 11.5 Å². The highest BCUT2D eigenvalue weighted by atomic mass is 16.5. The Morgan fingerprint density at radius 1 is 1.32 bits per heavy atom. The molecule has 1 amide bonds. The van der Waals surface area contributed by atoms with Crippen LogP contribution in [0, 0.1) is 0 Å². The molecule has 22 heavy (non-hydrogen) atoms. The monoisotopic (exact) mass is 310 g/mol. The van der Waals surface area contributed by atoms with Crippen molar-refractivity contribution in [2.24, 2.45) is 0 Å². The van der Waals surface area contributed by atoms with Crippen LogP contribution in [0.25, 0.3) is 0 Å². The Hall–Kier alpha value is -2.28. The largest absolute Gasteiger partial charge is 0.544 e. The maximum Gasteiger partial charge on any atom is 0.230 e. The van der Waals surface area contributed by atoms with Gasteiger partial charge in [-0.3, -0.25) is 4.79 Å². The molecule has 1 rings (SSSR count). The fourth-order valence-electron chi connectivity index (χ4n) is 1.93. The van der Waals surface area contributed by atoms with Crippen molar-refractivity contribution in [3.63, 3.8) is 0 Å². The number of hydrogen-bond donors (Lipinski definition) is 2. The number of nitrogens with one attached hydrogen (secondary N) is 1. The van der Waals surface area contributed by atoms with Gasteiger partial charge in [0.05, 0.1) is 38.8 Å². The first-order valence-corrected chi connectivity index (χ1v) is 7.07. The van der Waals surface area contributed by atoms with Crippen molar-refractivity contribution in [2.45, 2.75) is 25.8 Å². The van der Waals surface area contributed by atoms with E-state index in [2.05, 4.69) is 5.32 Å². The lowest BCUT2D eigenvalue weighted by Crippen LogP contribution is -2.93. The summed E-state index contributed by atoms with van der Waals surface area (Å²) in [6, 6.07) is 4.05. The van der Waals surface area contributed by atoms with Crippen molar-refractivity contribution in [3.05, 3.63) is 18.2 Å². The summed E-state index contributed by atoms with van der Waals surface area (Å²) in [5.41, 5.74) is 0.459. The van der Waals surface area contributed by atoms with E-state index in [0.717, 1.165) is 6.42 Å². The van der Waals surface area contributed by atoms with Crippen LogP contribution in [-0.4, -0.2) is 38.7 Å². The van der Waals surface area contributed by atoms with Crippen molar-refractivity contribution in [1.82, 2.24) is 0 Å². The van der Waals surface area contributed by atoms with E-state index in [0.29, 0.717) is 23.7 Å². The molecule has 122 valence electrons. The van der Waals surface area contributed by atoms with Gasteiger partial charge in [0.2, 0.25) is 5.91 Å². The molecule has 0 spiro atoms. The summed E-state index contributed by atoms with van der Waals surface area (Å²) in [5.74, 6) is -0.621. The van der Waals surface area contributed by atoms with E-state index in [9.17, 15) is 14.7 Å². The first kappa shape index (κ1) is 17.8. The number of methoxy groups -OCH3 is 2. The van der Waals surface area contributed by atoms with E-state index in [4.69, 9.17) is 9.47 Å². The third-order valence-corrected chi connectivity index (χ3v) is 3.13. The van der Waals surface area contributed by atoms with Gasteiger partial charge >= 0.3 is 0 Å². The SMILES string of the molecule is CCC[NH2+][C@H](CC(=O)Nc1ccc(OC)cc1OC)C(=O)[O-]. The molecular weight excluding hydrogens is 288 g/mol. The normalized spacial score (nSPS) is 11.6. The third kappa shape index (κ3) is 5.25. The molecule has 1 aromatic rings. The smallest absolute Gasteiger partial charge is 0.230 e. The molecule has 0 aromatic heterocycles. The Bertz CT molecular complexity index is 519. The van der Waals surface area contributed by atoms with Gasteiger partial charge in [-0.05, 0) is 18.6 Å². The molecule has 0 aliphatic rings. The molecule has 7 nitrogen and oxygen atoms in total. The highest BCUT2D eigenvalue weighted by Crippen LogP contribution is 2.29. The molecule has 0 heterocycles. The average molecular weight is 310 g/mol. The topological polar surface area (TPSA) is 104 Å². The zero-order chi connectivity index (χ0) is 16.5. The molecule has 0 aliphatic carbocycles. The second-order valence-corrected chi connectivity index (χ2v) is 4.77. The van der Waals surface area contributed by atoms with Crippen molar-refractivity contribution in [1.29, 1.82) is 0 Å². The van der Waals surface area contributed by atoms with Gasteiger partial charge in [0.15, 0.2) is 0 Å². The van der Waals surface area contributed by atoms with Crippen LogP contribution in [0.15, 0.2) is 18.2 Å². The lowest BCUT2D eigenvalue weighted by molar-refractivity contribution is -0.682. The zero-order valence-corrected chi connectivity index (χ0v) is 13.0. The fraction of sp³-hybridized carbons (Fsp3) is 0.467. The molecule has 7 heteroatoms. The average Bonchev–Trinajstić information content (AvgIpc) is 2.51. The van der Waals surface area contributed by atoms with Crippen LogP contribution >= 0.6 is 0 Å². The van der Waals surface area contributed by atoms with Gasteiger partial charge in [-0.25, -0.2) is 0 Å². The number of aliphatic carboxylic acids is 1. The number of rotatable bonds is 9. The summed E-state index contributed by atoms with van der Waals surface area (Å²) in [4.78, 5) is 23.0. The number of anilines is 1. The third-order valence-electron chi connectivity index (χ3n) is 3.13. The molecule has 1 aromatic carbocycles. The van der Waals surface area contributed by atoms with Gasteiger partial charge in [-0.1, -0.05) is 6.92 Å². The summed E-state index contributed by atoms with van der Waals surface area (Å²) >= 11 is 0. The van der Waals surface area contributed by atoms with Crippen molar-refractivity contribution >= 4 is 17.6 Å². The minimum absolute atomic E-state index is 0.169. The maximum atomic E-state index is 12.0. The van der Waals surface area contributed by atoms with Crippen molar-refractivity contribution in [2.75, 3.05) is 26.1 Å². The highest BCUT2D eigenvalue weighted by molar-refractivity contribution is 5.94. The van der Waals surface area contributed by atoms with E-state index >= 15 is 0 Å². The molecule has 0 aliphatic heterocycles. The van der Waals surface area contributed by atoms with Crippen LogP contribution in [-0.2, 0) is 9.59 Å². The standard InChI is InChI=1S/C15H22N2O5/c1-4-7-16-12(15(19)20)9-14(18)17-11-6-5-10(21-2)8-13(11)22-3/h5-6,8,12,16H,4,7,9H2,1-3H3,(H,17,18)(H,19,20)/t12-/m1/s1. The van der Waals surface area contributed by atoms with E-state index in [-0.39, 0.29) is 6.42 Å². The summed E-state index contributed by atoms with van der Waals surface area (Å²) in [6.07, 6.45) is 0.648. The van der Waals surface area contributed by atoms with E-state index in [1.165, 1.54) is 14.2 Å². The van der Waals surface area contributed by atoms with Crippen LogP contribution in [0.3, 0.4) is 0 Å². The minimum Gasteiger partial charge on any atom is -0.544 e. The number of hydrogen-bond acceptors (Lipinski definition) is 5. The quantitative estimate of drug-likeness (QED) is 0.616. The van der Waals surface area contributed by atoms with E-state index in [1.54, 1.807) is 23.5 Å². The number of nitrogens with two attached hydrogens (primary N) is 1. The predicted molar refractivity (Wildman–Crippen MR) is 78.7 cm³/mol. The lowest BCUT2D eigenvalue weighted by Gasteiger charge is -2.17. The Morgan fingerprint density at radius 3 is 2.59 bits per heavy atom. The zero-order valence-electron chi connectivity index (χ0n) is 13.0. The molecule has 0 radical (unpaired) electrons. The Balaban J connectivity index is 2.73. The summed E-state index contributed by atoms with van der Waals surface area (Å²) < 4.78 is 10.2. The van der Waals surface area contributed by atoms with Gasteiger partial charge in [0, 0.05) is 6.07 Å². The van der Waals surface area contributed by atoms with Crippen molar-refractivity contribution < 1.29 is 29.5 Å². The number of quaternary nitrogens is 1. The second-order valence-electron chi connectivity index (χ2n) is 4.77. The summed E-state index contributed by atoms with van der Waals surface area (Å²) in [6.45, 7) is 2.56. The first-order chi connectivity index (χ1) is 10.5. The molecule has 0 saturated carbocycles. The van der Waals surface area contributed by atoms with E-state index in [1.807, 2.05) is 6.92 Å². The fourth-order valence-corrected chi connectivity index (χ4v) is 1.93. The van der Waals surface area contributed by atoms with Crippen LogP contribution in [0.5, 0.6) is 11.5 Å². The number of carbonyl (C=O) groups excluding carboxylic acids is 2. The molecule has 1 atom stereocenters. The minimum atomic E-state index is -1.25. The maximum absolute atomic E-state index is 12.0. The Kier molecular flexibility index (Phi) is 7.18. The number of carboxylic acid groups (broad SMARTS) is 1.